The molecule has 1 aromatic carbocycles. The van der Waals surface area contributed by atoms with Crippen LogP contribution in [-0.2, 0) is 9.47 Å². The highest BCUT2D eigenvalue weighted by Gasteiger charge is 2.67. The molecule has 1 N–H and O–H groups in total. The number of fused-ring (bicyclic) bond motifs is 7. The first-order valence-electron chi connectivity index (χ1n) is 9.22. The Hall–Kier alpha value is -1.55. The second-order valence-corrected chi connectivity index (χ2v) is 8.35. The molecular formula is C20H25NO3. The lowest BCUT2D eigenvalue weighted by atomic mass is 9.79. The Morgan fingerprint density at radius 1 is 1.12 bits per heavy atom. The first kappa shape index (κ1) is 14.8. The molecule has 4 fully saturated rings. The number of amides is 1. The van der Waals surface area contributed by atoms with Gasteiger partial charge in [-0.05, 0) is 74.8 Å². The molecule has 4 aliphatic rings. The number of nitrogens with one attached hydrogen (secondary N) is 1. The van der Waals surface area contributed by atoms with Crippen LogP contribution in [0, 0.1) is 44.4 Å². The zero-order valence-electron chi connectivity index (χ0n) is 14.5. The van der Waals surface area contributed by atoms with Crippen molar-refractivity contribution >= 4 is 11.8 Å². The lowest BCUT2D eigenvalue weighted by Gasteiger charge is -2.32. The summed E-state index contributed by atoms with van der Waals surface area (Å²) in [6.45, 7) is 6.13. The quantitative estimate of drug-likeness (QED) is 0.836. The minimum atomic E-state index is -0.293. The van der Waals surface area contributed by atoms with Gasteiger partial charge in [0.1, 0.15) is 6.10 Å². The number of benzene rings is 1. The highest BCUT2D eigenvalue weighted by Crippen LogP contribution is 2.64. The summed E-state index contributed by atoms with van der Waals surface area (Å²) in [5.41, 5.74) is 4.28. The summed E-state index contributed by atoms with van der Waals surface area (Å²) in [5, 5.41) is 2.98. The molecule has 0 aromatic heterocycles. The van der Waals surface area contributed by atoms with Crippen LogP contribution in [0.15, 0.2) is 12.1 Å². The fourth-order valence-electron chi connectivity index (χ4n) is 6.05. The molecule has 1 aliphatic heterocycles. The van der Waals surface area contributed by atoms with Crippen LogP contribution in [0.5, 0.6) is 0 Å². The molecule has 24 heavy (non-hydrogen) atoms. The third-order valence-corrected chi connectivity index (χ3v) is 6.84. The molecule has 1 amide bonds. The summed E-state index contributed by atoms with van der Waals surface area (Å²) in [7, 11) is 0. The van der Waals surface area contributed by atoms with Gasteiger partial charge in [0.2, 0.25) is 0 Å². The van der Waals surface area contributed by atoms with Gasteiger partial charge in [0.15, 0.2) is 0 Å². The molecule has 7 atom stereocenters. The molecule has 4 heteroatoms. The van der Waals surface area contributed by atoms with Crippen molar-refractivity contribution in [3.63, 3.8) is 0 Å². The number of carbonyl (C=O) groups excluding carboxylic acids is 1. The van der Waals surface area contributed by atoms with Gasteiger partial charge in [-0.3, -0.25) is 5.32 Å². The lowest BCUT2D eigenvalue weighted by Crippen LogP contribution is -2.35. The van der Waals surface area contributed by atoms with E-state index in [4.69, 9.17) is 9.47 Å². The number of rotatable bonds is 2. The maximum absolute atomic E-state index is 12.4. The smallest absolute Gasteiger partial charge is 0.411 e. The van der Waals surface area contributed by atoms with Crippen LogP contribution in [0.2, 0.25) is 0 Å². The molecule has 5 rings (SSSR count). The van der Waals surface area contributed by atoms with E-state index in [2.05, 4.69) is 24.4 Å². The van der Waals surface area contributed by atoms with Crippen molar-refractivity contribution in [2.45, 2.75) is 58.3 Å². The van der Waals surface area contributed by atoms with E-state index in [0.29, 0.717) is 24.0 Å². The van der Waals surface area contributed by atoms with E-state index in [1.54, 1.807) is 0 Å². The van der Waals surface area contributed by atoms with Gasteiger partial charge in [-0.2, -0.15) is 0 Å². The molecule has 0 spiro atoms. The van der Waals surface area contributed by atoms with Crippen LogP contribution in [-0.4, -0.2) is 24.4 Å². The van der Waals surface area contributed by atoms with Gasteiger partial charge >= 0.3 is 6.09 Å². The summed E-state index contributed by atoms with van der Waals surface area (Å²) in [4.78, 5) is 12.4. The Bertz CT molecular complexity index is 692. The van der Waals surface area contributed by atoms with Crippen molar-refractivity contribution in [2.24, 2.45) is 23.7 Å². The minimum absolute atomic E-state index is 0.0970. The fraction of sp³-hybridized carbons (Fsp3) is 0.650. The molecule has 128 valence electrons. The largest absolute Gasteiger partial charge is 0.446 e. The topological polar surface area (TPSA) is 50.9 Å². The number of hydrogen-bond donors (Lipinski definition) is 1. The number of carbonyl (C=O) groups is 1. The molecule has 1 saturated heterocycles. The molecule has 0 radical (unpaired) electrons. The van der Waals surface area contributed by atoms with Crippen LogP contribution in [0.25, 0.3) is 0 Å². The van der Waals surface area contributed by atoms with Crippen LogP contribution < -0.4 is 5.32 Å². The standard InChI is InChI=1S/C20H25NO3/c1-9-4-10(2)18(11(3)5-9)21-20(22)24-15-7-12-6-13(15)14-8-16-19(23-16)17(12)14/h4-5,12-17,19H,6-8H2,1-3H3,(H,21,22)/t12-,13+,14+,15-,16+,17-,19+/m1/s1. The predicted octanol–water partition coefficient (Wildman–Crippen LogP) is 3.97. The van der Waals surface area contributed by atoms with E-state index < -0.39 is 0 Å². The molecule has 3 aliphatic carbocycles. The van der Waals surface area contributed by atoms with Gasteiger partial charge in [-0.15, -0.1) is 0 Å². The van der Waals surface area contributed by atoms with Gasteiger partial charge in [-0.25, -0.2) is 4.79 Å². The van der Waals surface area contributed by atoms with Crippen molar-refractivity contribution in [3.05, 3.63) is 28.8 Å². The first-order chi connectivity index (χ1) is 11.5. The average molecular weight is 327 g/mol. The molecule has 3 saturated carbocycles. The number of aryl methyl sites for hydroxylation is 3. The Morgan fingerprint density at radius 3 is 2.62 bits per heavy atom. The Labute approximate surface area is 142 Å². The van der Waals surface area contributed by atoms with Gasteiger partial charge < -0.3 is 9.47 Å². The van der Waals surface area contributed by atoms with Gasteiger partial charge in [-0.1, -0.05) is 17.7 Å². The monoisotopic (exact) mass is 327 g/mol. The van der Waals surface area contributed by atoms with Crippen LogP contribution >= 0.6 is 0 Å². The molecule has 0 unspecified atom stereocenters. The maximum Gasteiger partial charge on any atom is 0.411 e. The van der Waals surface area contributed by atoms with Crippen molar-refractivity contribution in [1.82, 2.24) is 0 Å². The predicted molar refractivity (Wildman–Crippen MR) is 91.0 cm³/mol. The van der Waals surface area contributed by atoms with Crippen molar-refractivity contribution < 1.29 is 14.3 Å². The SMILES string of the molecule is Cc1cc(C)c(NC(=O)O[C@@H]2C[C@H]3C[C@H]2[C@@H]2C[C@@H]4O[C@@H]4[C@H]32)c(C)c1. The average Bonchev–Trinajstić information content (AvgIpc) is 2.88. The lowest BCUT2D eigenvalue weighted by molar-refractivity contribution is 0.0251. The van der Waals surface area contributed by atoms with Gasteiger partial charge in [0, 0.05) is 5.69 Å². The maximum atomic E-state index is 12.4. The van der Waals surface area contributed by atoms with Crippen LogP contribution in [0.3, 0.4) is 0 Å². The summed E-state index contributed by atoms with van der Waals surface area (Å²) < 4.78 is 11.6. The molecular weight excluding hydrogens is 302 g/mol. The summed E-state index contributed by atoms with van der Waals surface area (Å²) in [6.07, 6.45) is 4.31. The first-order valence-corrected chi connectivity index (χ1v) is 9.22. The molecule has 1 aromatic rings. The summed E-state index contributed by atoms with van der Waals surface area (Å²) in [6, 6.07) is 4.19. The van der Waals surface area contributed by atoms with E-state index in [-0.39, 0.29) is 12.2 Å². The number of anilines is 1. The zero-order chi connectivity index (χ0) is 16.6. The highest BCUT2D eigenvalue weighted by atomic mass is 16.6. The van der Waals surface area contributed by atoms with E-state index in [1.807, 2.05) is 13.8 Å². The zero-order valence-corrected chi connectivity index (χ0v) is 14.5. The fourth-order valence-corrected chi connectivity index (χ4v) is 6.05. The normalized spacial score (nSPS) is 41.0. The Morgan fingerprint density at radius 2 is 1.88 bits per heavy atom. The van der Waals surface area contributed by atoms with Crippen molar-refractivity contribution in [3.8, 4) is 0 Å². The highest BCUT2D eigenvalue weighted by molar-refractivity contribution is 5.87. The summed E-state index contributed by atoms with van der Waals surface area (Å²) >= 11 is 0. The van der Waals surface area contributed by atoms with Crippen molar-refractivity contribution in [2.75, 3.05) is 5.32 Å². The van der Waals surface area contributed by atoms with E-state index in [0.717, 1.165) is 35.1 Å². The second kappa shape index (κ2) is 4.98. The van der Waals surface area contributed by atoms with Crippen LogP contribution in [0.4, 0.5) is 10.5 Å². The molecule has 1 heterocycles. The van der Waals surface area contributed by atoms with E-state index in [1.165, 1.54) is 18.4 Å². The van der Waals surface area contributed by atoms with E-state index in [9.17, 15) is 4.79 Å². The van der Waals surface area contributed by atoms with Gasteiger partial charge in [0.05, 0.1) is 12.2 Å². The Balaban J connectivity index is 1.26. The number of ether oxygens (including phenoxy) is 2. The number of hydrogen-bond acceptors (Lipinski definition) is 3. The van der Waals surface area contributed by atoms with E-state index >= 15 is 0 Å². The third-order valence-electron chi connectivity index (χ3n) is 6.84. The number of epoxide rings is 1. The second-order valence-electron chi connectivity index (χ2n) is 8.35. The molecule has 4 nitrogen and oxygen atoms in total. The minimum Gasteiger partial charge on any atom is -0.446 e. The molecule has 2 bridgehead atoms. The van der Waals surface area contributed by atoms with Gasteiger partial charge in [0.25, 0.3) is 0 Å². The Kier molecular flexibility index (Phi) is 3.06. The third kappa shape index (κ3) is 2.12. The van der Waals surface area contributed by atoms with Crippen molar-refractivity contribution in [1.29, 1.82) is 0 Å². The summed E-state index contributed by atoms with van der Waals surface area (Å²) in [5.74, 6) is 2.75. The van der Waals surface area contributed by atoms with Crippen LogP contribution in [0.1, 0.15) is 36.0 Å².